The van der Waals surface area contributed by atoms with Crippen molar-refractivity contribution >= 4 is 29.0 Å². The first-order chi connectivity index (χ1) is 13.7. The Labute approximate surface area is 166 Å². The van der Waals surface area contributed by atoms with E-state index in [4.69, 9.17) is 0 Å². The van der Waals surface area contributed by atoms with Crippen molar-refractivity contribution in [3.63, 3.8) is 0 Å². The van der Waals surface area contributed by atoms with E-state index in [1.165, 1.54) is 23.9 Å². The van der Waals surface area contributed by atoms with Crippen LogP contribution in [0.1, 0.15) is 11.3 Å². The Balaban J connectivity index is 1.49. The first kappa shape index (κ1) is 18.0. The molecule has 0 fully saturated rings. The SMILES string of the molecule is N#C/C(=C1/Nc2ccccc2S1)c1ccnc(NCCc2cccc(F)c2)n1. The van der Waals surface area contributed by atoms with Gasteiger partial charge in [-0.05, 0) is 42.3 Å². The standard InChI is InChI=1S/C21H16FN5S/c22-15-5-3-4-14(12-15)8-10-24-21-25-11-9-17(27-21)16(13-23)20-26-18-6-1-2-7-19(18)28-20/h1-7,9,11-12,26H,8,10H2,(H,24,25,27)/b20-16+. The molecule has 1 aromatic heterocycles. The zero-order chi connectivity index (χ0) is 19.3. The summed E-state index contributed by atoms with van der Waals surface area (Å²) >= 11 is 1.52. The first-order valence-electron chi connectivity index (χ1n) is 8.73. The van der Waals surface area contributed by atoms with Gasteiger partial charge in [-0.1, -0.05) is 36.0 Å². The van der Waals surface area contributed by atoms with Crippen molar-refractivity contribution in [3.8, 4) is 6.07 Å². The predicted octanol–water partition coefficient (Wildman–Crippen LogP) is 4.68. The van der Waals surface area contributed by atoms with Gasteiger partial charge >= 0.3 is 0 Å². The molecule has 2 N–H and O–H groups in total. The number of hydrogen-bond donors (Lipinski definition) is 2. The molecule has 3 aromatic rings. The molecule has 138 valence electrons. The summed E-state index contributed by atoms with van der Waals surface area (Å²) in [6, 6.07) is 18.4. The normalized spacial score (nSPS) is 14.0. The number of nitrogens with zero attached hydrogens (tertiary/aromatic N) is 3. The van der Waals surface area contributed by atoms with Gasteiger partial charge in [0.25, 0.3) is 0 Å². The van der Waals surface area contributed by atoms with Crippen LogP contribution in [0.25, 0.3) is 5.57 Å². The fourth-order valence-corrected chi connectivity index (χ4v) is 3.86. The fourth-order valence-electron chi connectivity index (χ4n) is 2.85. The molecule has 0 radical (unpaired) electrons. The van der Waals surface area contributed by atoms with E-state index < -0.39 is 0 Å². The van der Waals surface area contributed by atoms with Crippen molar-refractivity contribution in [2.24, 2.45) is 0 Å². The van der Waals surface area contributed by atoms with E-state index in [9.17, 15) is 9.65 Å². The van der Waals surface area contributed by atoms with Crippen molar-refractivity contribution < 1.29 is 4.39 Å². The van der Waals surface area contributed by atoms with Crippen LogP contribution in [0.15, 0.2) is 70.7 Å². The Morgan fingerprint density at radius 3 is 2.89 bits per heavy atom. The molecular formula is C21H16FN5S. The molecule has 2 aromatic carbocycles. The lowest BCUT2D eigenvalue weighted by Gasteiger charge is -2.08. The second-order valence-electron chi connectivity index (χ2n) is 6.11. The maximum Gasteiger partial charge on any atom is 0.223 e. The number of benzene rings is 2. The van der Waals surface area contributed by atoms with Crippen LogP contribution in [0, 0.1) is 17.1 Å². The van der Waals surface area contributed by atoms with Crippen LogP contribution >= 0.6 is 11.8 Å². The van der Waals surface area contributed by atoms with Crippen LogP contribution < -0.4 is 10.6 Å². The van der Waals surface area contributed by atoms with E-state index in [1.54, 1.807) is 18.3 Å². The number of halogens is 1. The van der Waals surface area contributed by atoms with Crippen molar-refractivity contribution in [2.45, 2.75) is 11.3 Å². The summed E-state index contributed by atoms with van der Waals surface area (Å²) in [4.78, 5) is 9.76. The second kappa shape index (κ2) is 8.11. The third kappa shape index (κ3) is 3.97. The summed E-state index contributed by atoms with van der Waals surface area (Å²) < 4.78 is 13.3. The fraction of sp³-hybridized carbons (Fsp3) is 0.0952. The van der Waals surface area contributed by atoms with Crippen LogP contribution in [0.4, 0.5) is 16.0 Å². The first-order valence-corrected chi connectivity index (χ1v) is 9.54. The van der Waals surface area contributed by atoms with E-state index in [2.05, 4.69) is 26.7 Å². The van der Waals surface area contributed by atoms with Crippen LogP contribution in [-0.4, -0.2) is 16.5 Å². The van der Waals surface area contributed by atoms with Gasteiger partial charge in [-0.3, -0.25) is 0 Å². The third-order valence-corrected chi connectivity index (χ3v) is 5.27. The molecule has 7 heteroatoms. The van der Waals surface area contributed by atoms with Crippen molar-refractivity contribution in [3.05, 3.63) is 82.9 Å². The van der Waals surface area contributed by atoms with E-state index >= 15 is 0 Å². The minimum Gasteiger partial charge on any atom is -0.354 e. The van der Waals surface area contributed by atoms with Gasteiger partial charge in [-0.15, -0.1) is 0 Å². The van der Waals surface area contributed by atoms with Crippen LogP contribution in [0.2, 0.25) is 0 Å². The van der Waals surface area contributed by atoms with Gasteiger partial charge in [-0.2, -0.15) is 5.26 Å². The number of rotatable bonds is 5. The quantitative estimate of drug-likeness (QED) is 0.617. The average molecular weight is 389 g/mol. The summed E-state index contributed by atoms with van der Waals surface area (Å²) in [5.41, 5.74) is 2.90. The van der Waals surface area contributed by atoms with E-state index in [0.717, 1.165) is 21.2 Å². The minimum atomic E-state index is -0.247. The molecular weight excluding hydrogens is 373 g/mol. The number of fused-ring (bicyclic) bond motifs is 1. The zero-order valence-corrected chi connectivity index (χ0v) is 15.6. The number of nitrogens with one attached hydrogen (secondary N) is 2. The van der Waals surface area contributed by atoms with E-state index in [-0.39, 0.29) is 5.82 Å². The lowest BCUT2D eigenvalue weighted by atomic mass is 10.1. The summed E-state index contributed by atoms with van der Waals surface area (Å²) in [6.07, 6.45) is 2.27. The van der Waals surface area contributed by atoms with Gasteiger partial charge in [0.2, 0.25) is 5.95 Å². The topological polar surface area (TPSA) is 73.6 Å². The molecule has 1 aliphatic rings. The summed E-state index contributed by atoms with van der Waals surface area (Å²) in [6.45, 7) is 0.559. The van der Waals surface area contributed by atoms with Crippen molar-refractivity contribution in [2.75, 3.05) is 17.2 Å². The number of thioether (sulfide) groups is 1. The lowest BCUT2D eigenvalue weighted by Crippen LogP contribution is -2.09. The molecule has 0 saturated heterocycles. The van der Waals surface area contributed by atoms with Gasteiger partial charge in [0.15, 0.2) is 0 Å². The van der Waals surface area contributed by atoms with Gasteiger partial charge in [0.1, 0.15) is 17.5 Å². The van der Waals surface area contributed by atoms with Crippen LogP contribution in [-0.2, 0) is 6.42 Å². The molecule has 2 heterocycles. The third-order valence-electron chi connectivity index (χ3n) is 4.18. The molecule has 1 aliphatic heterocycles. The highest BCUT2D eigenvalue weighted by Gasteiger charge is 2.20. The summed E-state index contributed by atoms with van der Waals surface area (Å²) in [5.74, 6) is 0.186. The van der Waals surface area contributed by atoms with E-state index in [1.807, 2.05) is 30.3 Å². The minimum absolute atomic E-state index is 0.247. The molecule has 0 aliphatic carbocycles. The monoisotopic (exact) mass is 389 g/mol. The molecule has 0 saturated carbocycles. The highest BCUT2D eigenvalue weighted by Crippen LogP contribution is 2.43. The smallest absolute Gasteiger partial charge is 0.223 e. The van der Waals surface area contributed by atoms with Crippen molar-refractivity contribution in [1.82, 2.24) is 9.97 Å². The van der Waals surface area contributed by atoms with Gasteiger partial charge < -0.3 is 10.6 Å². The average Bonchev–Trinajstić information content (AvgIpc) is 3.13. The Morgan fingerprint density at radius 2 is 2.07 bits per heavy atom. The number of aromatic nitrogens is 2. The Bertz CT molecular complexity index is 1060. The molecule has 0 spiro atoms. The zero-order valence-electron chi connectivity index (χ0n) is 14.8. The van der Waals surface area contributed by atoms with Crippen molar-refractivity contribution in [1.29, 1.82) is 5.26 Å². The molecule has 5 nitrogen and oxygen atoms in total. The number of nitriles is 1. The molecule has 0 atom stereocenters. The maximum atomic E-state index is 13.3. The summed E-state index contributed by atoms with van der Waals surface area (Å²) in [5, 5.41) is 16.9. The Morgan fingerprint density at radius 1 is 1.18 bits per heavy atom. The highest BCUT2D eigenvalue weighted by molar-refractivity contribution is 8.04. The Hall–Kier alpha value is -3.37. The number of anilines is 2. The lowest BCUT2D eigenvalue weighted by molar-refractivity contribution is 0.625. The van der Waals surface area contributed by atoms with Gasteiger partial charge in [0, 0.05) is 17.6 Å². The number of para-hydroxylation sites is 1. The highest BCUT2D eigenvalue weighted by atomic mass is 32.2. The maximum absolute atomic E-state index is 13.3. The van der Waals surface area contributed by atoms with Gasteiger partial charge in [0.05, 0.1) is 16.4 Å². The summed E-state index contributed by atoms with van der Waals surface area (Å²) in [7, 11) is 0. The van der Waals surface area contributed by atoms with Gasteiger partial charge in [-0.25, -0.2) is 14.4 Å². The molecule has 28 heavy (non-hydrogen) atoms. The Kier molecular flexibility index (Phi) is 5.22. The molecule has 0 unspecified atom stereocenters. The van der Waals surface area contributed by atoms with Crippen LogP contribution in [0.5, 0.6) is 0 Å². The molecule has 4 rings (SSSR count). The molecule has 0 amide bonds. The second-order valence-corrected chi connectivity index (χ2v) is 7.16. The number of hydrogen-bond acceptors (Lipinski definition) is 6. The van der Waals surface area contributed by atoms with Crippen LogP contribution in [0.3, 0.4) is 0 Å². The molecule has 0 bridgehead atoms. The largest absolute Gasteiger partial charge is 0.354 e. The predicted molar refractivity (Wildman–Crippen MR) is 109 cm³/mol. The number of allylic oxidation sites excluding steroid dienone is 1. The van der Waals surface area contributed by atoms with E-state index in [0.29, 0.717) is 30.2 Å².